The molecule has 0 saturated carbocycles. The Morgan fingerprint density at radius 1 is 1.32 bits per heavy atom. The molecule has 0 aliphatic carbocycles. The number of hydrogen-bond donors (Lipinski definition) is 4. The number of halogens is 3. The first-order valence-corrected chi connectivity index (χ1v) is 7.37. The molecule has 0 fully saturated rings. The number of hydrogen-bond acceptors (Lipinski definition) is 6. The van der Waals surface area contributed by atoms with Crippen molar-refractivity contribution >= 4 is 29.0 Å². The van der Waals surface area contributed by atoms with Crippen molar-refractivity contribution in [1.29, 1.82) is 0 Å². The van der Waals surface area contributed by atoms with Gasteiger partial charge in [0.1, 0.15) is 18.5 Å². The number of pyridine rings is 1. The van der Waals surface area contributed by atoms with Crippen molar-refractivity contribution in [3.05, 3.63) is 52.7 Å². The number of anilines is 2. The van der Waals surface area contributed by atoms with E-state index in [4.69, 9.17) is 26.7 Å². The fourth-order valence-electron chi connectivity index (χ4n) is 1.75. The number of rotatable bonds is 7. The highest BCUT2D eigenvalue weighted by Crippen LogP contribution is 2.26. The van der Waals surface area contributed by atoms with E-state index in [1.165, 1.54) is 18.3 Å². The van der Waals surface area contributed by atoms with Crippen molar-refractivity contribution in [2.75, 3.05) is 18.5 Å². The average Bonchev–Trinajstić information content (AvgIpc) is 2.60. The van der Waals surface area contributed by atoms with Crippen LogP contribution in [0.25, 0.3) is 0 Å². The Kier molecular flexibility index (Phi) is 6.59. The van der Waals surface area contributed by atoms with Gasteiger partial charge in [0.2, 0.25) is 0 Å². The van der Waals surface area contributed by atoms with Crippen LogP contribution >= 0.6 is 11.6 Å². The van der Waals surface area contributed by atoms with Gasteiger partial charge in [0.05, 0.1) is 22.9 Å². The monoisotopic (exact) mass is 373 g/mol. The van der Waals surface area contributed by atoms with E-state index in [0.29, 0.717) is 5.02 Å². The summed E-state index contributed by atoms with van der Waals surface area (Å²) in [5.74, 6) is -3.19. The third kappa shape index (κ3) is 5.07. The zero-order valence-corrected chi connectivity index (χ0v) is 13.4. The molecule has 0 unspecified atom stereocenters. The molecule has 2 rings (SSSR count). The van der Waals surface area contributed by atoms with E-state index in [0.717, 1.165) is 12.1 Å². The number of carbonyl (C=O) groups is 1. The van der Waals surface area contributed by atoms with Gasteiger partial charge in [-0.15, -0.1) is 0 Å². The van der Waals surface area contributed by atoms with Crippen LogP contribution in [0.1, 0.15) is 10.4 Å². The fourth-order valence-corrected chi connectivity index (χ4v) is 1.86. The second-order valence-corrected chi connectivity index (χ2v) is 5.29. The fraction of sp³-hybridized carbons (Fsp3) is 0.200. The van der Waals surface area contributed by atoms with Gasteiger partial charge >= 0.3 is 0 Å². The third-order valence-corrected chi connectivity index (χ3v) is 3.19. The summed E-state index contributed by atoms with van der Waals surface area (Å²) in [6, 6.07) is 4.74. The van der Waals surface area contributed by atoms with Crippen molar-refractivity contribution in [3.8, 4) is 0 Å². The predicted octanol–water partition coefficient (Wildman–Crippen LogP) is 1.77. The van der Waals surface area contributed by atoms with E-state index in [-0.39, 0.29) is 18.0 Å². The molecular formula is C15H14ClF2N3O4. The molecule has 4 N–H and O–H groups in total. The first-order valence-electron chi connectivity index (χ1n) is 7.00. The maximum Gasteiger partial charge on any atom is 0.277 e. The minimum atomic E-state index is -1.28. The summed E-state index contributed by atoms with van der Waals surface area (Å²) in [6.45, 7) is -0.941. The van der Waals surface area contributed by atoms with E-state index < -0.39 is 35.9 Å². The molecule has 134 valence electrons. The van der Waals surface area contributed by atoms with Gasteiger partial charge in [0.15, 0.2) is 11.6 Å². The van der Waals surface area contributed by atoms with Crippen molar-refractivity contribution in [1.82, 2.24) is 10.5 Å². The van der Waals surface area contributed by atoms with Gasteiger partial charge in [0.25, 0.3) is 5.91 Å². The summed E-state index contributed by atoms with van der Waals surface area (Å²) in [6.07, 6.45) is 0.0985. The van der Waals surface area contributed by atoms with Crippen LogP contribution in [0.2, 0.25) is 5.02 Å². The van der Waals surface area contributed by atoms with E-state index >= 15 is 0 Å². The van der Waals surface area contributed by atoms with Crippen LogP contribution < -0.4 is 10.8 Å². The van der Waals surface area contributed by atoms with E-state index in [9.17, 15) is 13.6 Å². The maximum absolute atomic E-state index is 14.1. The molecule has 0 radical (unpaired) electrons. The molecule has 25 heavy (non-hydrogen) atoms. The van der Waals surface area contributed by atoms with Crippen LogP contribution in [0, 0.1) is 11.6 Å². The number of carbonyl (C=O) groups excluding carboxylic acids is 1. The number of aliphatic hydroxyl groups is 2. The van der Waals surface area contributed by atoms with Crippen LogP contribution in [-0.2, 0) is 4.84 Å². The summed E-state index contributed by atoms with van der Waals surface area (Å²) in [7, 11) is 0. The lowest BCUT2D eigenvalue weighted by Crippen LogP contribution is -2.30. The zero-order valence-electron chi connectivity index (χ0n) is 12.7. The molecule has 0 spiro atoms. The van der Waals surface area contributed by atoms with Crippen LogP contribution in [-0.4, -0.2) is 40.4 Å². The highest BCUT2D eigenvalue weighted by molar-refractivity contribution is 6.30. The smallest absolute Gasteiger partial charge is 0.277 e. The second-order valence-electron chi connectivity index (χ2n) is 4.85. The van der Waals surface area contributed by atoms with Crippen molar-refractivity contribution < 1.29 is 28.6 Å². The van der Waals surface area contributed by atoms with Gasteiger partial charge in [-0.05, 0) is 24.3 Å². The number of aliphatic hydroxyl groups excluding tert-OH is 2. The molecule has 1 atom stereocenters. The SMILES string of the molecule is O=C(NOC[C@H](O)CO)c1ccc(F)c(F)c1Nc1ccc(Cl)cn1. The molecule has 1 amide bonds. The van der Waals surface area contributed by atoms with E-state index in [2.05, 4.69) is 10.3 Å². The zero-order chi connectivity index (χ0) is 18.4. The molecular weight excluding hydrogens is 360 g/mol. The van der Waals surface area contributed by atoms with Gasteiger partial charge < -0.3 is 15.5 Å². The largest absolute Gasteiger partial charge is 0.394 e. The van der Waals surface area contributed by atoms with Gasteiger partial charge in [-0.1, -0.05) is 11.6 Å². The molecule has 2 aromatic rings. The number of benzene rings is 1. The number of nitrogens with zero attached hydrogens (tertiary/aromatic N) is 1. The topological polar surface area (TPSA) is 104 Å². The number of aromatic nitrogens is 1. The predicted molar refractivity (Wildman–Crippen MR) is 85.4 cm³/mol. The van der Waals surface area contributed by atoms with Crippen LogP contribution in [0.5, 0.6) is 0 Å². The Balaban J connectivity index is 2.21. The first kappa shape index (κ1) is 19.0. The van der Waals surface area contributed by atoms with Crippen LogP contribution in [0.3, 0.4) is 0 Å². The Morgan fingerprint density at radius 3 is 2.72 bits per heavy atom. The standard InChI is InChI=1S/C15H14ClF2N3O4/c16-8-1-4-12(19-5-8)20-14-10(2-3-11(17)13(14)18)15(24)21-25-7-9(23)6-22/h1-5,9,22-23H,6-7H2,(H,19,20)(H,21,24)/t9-/m1/s1. The minimum Gasteiger partial charge on any atom is -0.394 e. The Morgan fingerprint density at radius 2 is 2.08 bits per heavy atom. The molecule has 0 saturated heterocycles. The summed E-state index contributed by atoms with van der Waals surface area (Å²) in [5.41, 5.74) is 1.26. The van der Waals surface area contributed by atoms with Crippen molar-refractivity contribution in [3.63, 3.8) is 0 Å². The second kappa shape index (κ2) is 8.67. The van der Waals surface area contributed by atoms with Gasteiger partial charge in [-0.3, -0.25) is 9.63 Å². The highest BCUT2D eigenvalue weighted by atomic mass is 35.5. The molecule has 7 nitrogen and oxygen atoms in total. The number of hydroxylamine groups is 1. The lowest BCUT2D eigenvalue weighted by atomic mass is 10.1. The summed E-state index contributed by atoms with van der Waals surface area (Å²) in [4.78, 5) is 20.7. The quantitative estimate of drug-likeness (QED) is 0.551. The maximum atomic E-state index is 14.1. The van der Waals surface area contributed by atoms with Crippen molar-refractivity contribution in [2.45, 2.75) is 6.10 Å². The Labute approximate surface area is 146 Å². The summed E-state index contributed by atoms with van der Waals surface area (Å²) < 4.78 is 27.6. The Bertz CT molecular complexity index is 746. The summed E-state index contributed by atoms with van der Waals surface area (Å²) >= 11 is 5.70. The highest BCUT2D eigenvalue weighted by Gasteiger charge is 2.20. The van der Waals surface area contributed by atoms with E-state index in [1.54, 1.807) is 0 Å². The summed E-state index contributed by atoms with van der Waals surface area (Å²) in [5, 5.41) is 20.6. The minimum absolute atomic E-state index is 0.138. The number of amides is 1. The van der Waals surface area contributed by atoms with Crippen molar-refractivity contribution in [2.24, 2.45) is 0 Å². The lowest BCUT2D eigenvalue weighted by Gasteiger charge is -2.14. The normalized spacial score (nSPS) is 11.9. The van der Waals surface area contributed by atoms with Gasteiger partial charge in [-0.25, -0.2) is 19.2 Å². The number of nitrogens with one attached hydrogen (secondary N) is 2. The molecule has 1 heterocycles. The molecule has 1 aromatic heterocycles. The van der Waals surface area contributed by atoms with Crippen LogP contribution in [0.4, 0.5) is 20.3 Å². The molecule has 10 heteroatoms. The first-order chi connectivity index (χ1) is 11.9. The molecule has 0 aliphatic rings. The third-order valence-electron chi connectivity index (χ3n) is 2.97. The van der Waals surface area contributed by atoms with Crippen LogP contribution in [0.15, 0.2) is 30.5 Å². The van der Waals surface area contributed by atoms with Gasteiger partial charge in [-0.2, -0.15) is 0 Å². The lowest BCUT2D eigenvalue weighted by molar-refractivity contribution is -0.0295. The molecule has 0 aliphatic heterocycles. The molecule has 0 bridgehead atoms. The molecule has 1 aromatic carbocycles. The Hall–Kier alpha value is -2.33. The average molecular weight is 374 g/mol. The van der Waals surface area contributed by atoms with E-state index in [1.807, 2.05) is 5.48 Å². The van der Waals surface area contributed by atoms with Gasteiger partial charge in [0, 0.05) is 6.20 Å².